The van der Waals surface area contributed by atoms with E-state index in [0.29, 0.717) is 45.8 Å². The van der Waals surface area contributed by atoms with Gasteiger partial charge in [0.25, 0.3) is 0 Å². The Morgan fingerprint density at radius 3 is 1.92 bits per heavy atom. The molecule has 0 saturated heterocycles. The van der Waals surface area contributed by atoms with Crippen LogP contribution in [0.15, 0.2) is 0 Å². The molecule has 0 spiro atoms. The van der Waals surface area contributed by atoms with E-state index in [1.165, 1.54) is 0 Å². The van der Waals surface area contributed by atoms with Crippen molar-refractivity contribution in [2.24, 2.45) is 0 Å². The molecule has 0 aromatic rings. The number of Topliss-reactive ketones (excluding diaryl/α,β-unsaturated/α-hetero) is 1. The number of carboxylic acids is 2. The van der Waals surface area contributed by atoms with Gasteiger partial charge in [-0.1, -0.05) is 0 Å². The molecule has 0 aliphatic heterocycles. The van der Waals surface area contributed by atoms with Crippen LogP contribution in [0.4, 0.5) is 0 Å². The van der Waals surface area contributed by atoms with Crippen LogP contribution in [0.25, 0.3) is 0 Å². The topological polar surface area (TPSA) is 139 Å². The van der Waals surface area contributed by atoms with Gasteiger partial charge in [-0.15, -0.1) is 0 Å². The summed E-state index contributed by atoms with van der Waals surface area (Å²) in [7, 11) is 0. The van der Waals surface area contributed by atoms with Gasteiger partial charge in [0.1, 0.15) is 5.78 Å². The second kappa shape index (κ2) is 14.6. The van der Waals surface area contributed by atoms with Gasteiger partial charge in [0.2, 0.25) is 5.91 Å². The summed E-state index contributed by atoms with van der Waals surface area (Å²) >= 11 is 0. The molecule has 0 aliphatic carbocycles. The highest BCUT2D eigenvalue weighted by molar-refractivity contribution is 5.82. The SMILES string of the molecule is O=C(O)CCC(=O)CCCOCCOCCNC(=O)CCC(=O)O. The third kappa shape index (κ3) is 16.4. The molecule has 0 saturated carbocycles. The predicted octanol–water partition coefficient (Wildman–Crippen LogP) is 0.215. The van der Waals surface area contributed by atoms with E-state index >= 15 is 0 Å². The molecule has 9 nitrogen and oxygen atoms in total. The Bertz CT molecular complexity index is 372. The van der Waals surface area contributed by atoms with Crippen LogP contribution in [0.2, 0.25) is 0 Å². The number of rotatable bonds is 16. The fourth-order valence-corrected chi connectivity index (χ4v) is 1.64. The van der Waals surface area contributed by atoms with Gasteiger partial charge < -0.3 is 25.0 Å². The van der Waals surface area contributed by atoms with E-state index < -0.39 is 11.9 Å². The Labute approximate surface area is 140 Å². The van der Waals surface area contributed by atoms with Crippen molar-refractivity contribution in [1.29, 1.82) is 0 Å². The van der Waals surface area contributed by atoms with E-state index in [0.717, 1.165) is 0 Å². The molecule has 0 atom stereocenters. The molecular weight excluding hydrogens is 322 g/mol. The second-order valence-corrected chi connectivity index (χ2v) is 5.00. The Morgan fingerprint density at radius 1 is 0.708 bits per heavy atom. The van der Waals surface area contributed by atoms with Gasteiger partial charge in [-0.25, -0.2) is 0 Å². The molecule has 0 heterocycles. The highest BCUT2D eigenvalue weighted by Gasteiger charge is 2.05. The maximum absolute atomic E-state index is 11.3. The number of hydrogen-bond donors (Lipinski definition) is 3. The summed E-state index contributed by atoms with van der Waals surface area (Å²) in [5.74, 6) is -2.40. The van der Waals surface area contributed by atoms with Crippen LogP contribution in [-0.4, -0.2) is 66.8 Å². The van der Waals surface area contributed by atoms with Crippen LogP contribution < -0.4 is 5.32 Å². The summed E-state index contributed by atoms with van der Waals surface area (Å²) < 4.78 is 10.5. The van der Waals surface area contributed by atoms with Gasteiger partial charge in [0.15, 0.2) is 0 Å². The first-order valence-corrected chi connectivity index (χ1v) is 7.79. The molecule has 0 fully saturated rings. The van der Waals surface area contributed by atoms with Gasteiger partial charge in [-0.05, 0) is 6.42 Å². The molecule has 1 amide bonds. The number of aliphatic carboxylic acids is 2. The minimum absolute atomic E-state index is 0.0520. The first kappa shape index (κ1) is 22.0. The van der Waals surface area contributed by atoms with Gasteiger partial charge in [-0.2, -0.15) is 0 Å². The lowest BCUT2D eigenvalue weighted by atomic mass is 10.1. The molecule has 138 valence electrons. The monoisotopic (exact) mass is 347 g/mol. The van der Waals surface area contributed by atoms with Gasteiger partial charge in [0, 0.05) is 32.4 Å². The number of amides is 1. The molecule has 9 heteroatoms. The number of carboxylic acid groups (broad SMARTS) is 2. The zero-order valence-electron chi connectivity index (χ0n) is 13.6. The van der Waals surface area contributed by atoms with Crippen molar-refractivity contribution in [3.63, 3.8) is 0 Å². The van der Waals surface area contributed by atoms with E-state index in [1.54, 1.807) is 0 Å². The summed E-state index contributed by atoms with van der Waals surface area (Å²) in [5.41, 5.74) is 0. The zero-order chi connectivity index (χ0) is 18.2. The van der Waals surface area contributed by atoms with Crippen LogP contribution in [-0.2, 0) is 28.7 Å². The Balaban J connectivity index is 3.28. The molecule has 24 heavy (non-hydrogen) atoms. The third-order valence-corrected chi connectivity index (χ3v) is 2.87. The quantitative estimate of drug-likeness (QED) is 0.337. The molecule has 0 bridgehead atoms. The Hall–Kier alpha value is -2.00. The Morgan fingerprint density at radius 2 is 1.29 bits per heavy atom. The van der Waals surface area contributed by atoms with Crippen LogP contribution in [0.1, 0.15) is 38.5 Å². The number of ether oxygens (including phenoxy) is 2. The van der Waals surface area contributed by atoms with Crippen molar-refractivity contribution in [2.75, 3.05) is 33.0 Å². The fourth-order valence-electron chi connectivity index (χ4n) is 1.64. The summed E-state index contributed by atoms with van der Waals surface area (Å²) in [4.78, 5) is 43.0. The number of carbonyl (C=O) groups is 4. The van der Waals surface area contributed by atoms with Crippen molar-refractivity contribution < 1.29 is 38.9 Å². The average Bonchev–Trinajstić information content (AvgIpc) is 2.52. The molecular formula is C15H25NO8. The van der Waals surface area contributed by atoms with Gasteiger partial charge in [0.05, 0.1) is 32.7 Å². The fraction of sp³-hybridized carbons (Fsp3) is 0.733. The number of hydrogen-bond acceptors (Lipinski definition) is 6. The lowest BCUT2D eigenvalue weighted by molar-refractivity contribution is -0.139. The van der Waals surface area contributed by atoms with E-state index in [1.807, 2.05) is 0 Å². The maximum atomic E-state index is 11.3. The molecule has 3 N–H and O–H groups in total. The summed E-state index contributed by atoms with van der Waals surface area (Å²) in [6.45, 7) is 1.70. The lowest BCUT2D eigenvalue weighted by Crippen LogP contribution is -2.27. The highest BCUT2D eigenvalue weighted by atomic mass is 16.5. The molecule has 0 radical (unpaired) electrons. The molecule has 0 aromatic carbocycles. The second-order valence-electron chi connectivity index (χ2n) is 5.00. The molecule has 0 aromatic heterocycles. The van der Waals surface area contributed by atoms with Crippen molar-refractivity contribution in [3.8, 4) is 0 Å². The van der Waals surface area contributed by atoms with Crippen molar-refractivity contribution in [2.45, 2.75) is 38.5 Å². The normalized spacial score (nSPS) is 10.3. The van der Waals surface area contributed by atoms with Crippen LogP contribution in [0, 0.1) is 0 Å². The van der Waals surface area contributed by atoms with Crippen LogP contribution in [0.5, 0.6) is 0 Å². The highest BCUT2D eigenvalue weighted by Crippen LogP contribution is 1.99. The van der Waals surface area contributed by atoms with Gasteiger partial charge >= 0.3 is 11.9 Å². The summed E-state index contributed by atoms with van der Waals surface area (Å²) in [6.07, 6.45) is 0.509. The predicted molar refractivity (Wildman–Crippen MR) is 82.6 cm³/mol. The number of nitrogens with one attached hydrogen (secondary N) is 1. The zero-order valence-corrected chi connectivity index (χ0v) is 13.6. The van der Waals surface area contributed by atoms with Gasteiger partial charge in [-0.3, -0.25) is 19.2 Å². The number of ketones is 1. The maximum Gasteiger partial charge on any atom is 0.303 e. The average molecular weight is 347 g/mol. The molecule has 0 unspecified atom stereocenters. The first-order valence-electron chi connectivity index (χ1n) is 7.79. The number of carbonyl (C=O) groups excluding carboxylic acids is 2. The van der Waals surface area contributed by atoms with E-state index in [2.05, 4.69) is 5.32 Å². The van der Waals surface area contributed by atoms with Crippen molar-refractivity contribution in [3.05, 3.63) is 0 Å². The van der Waals surface area contributed by atoms with Crippen LogP contribution in [0.3, 0.4) is 0 Å². The minimum Gasteiger partial charge on any atom is -0.481 e. The third-order valence-electron chi connectivity index (χ3n) is 2.87. The Kier molecular flexibility index (Phi) is 13.4. The largest absolute Gasteiger partial charge is 0.481 e. The first-order chi connectivity index (χ1) is 11.4. The van der Waals surface area contributed by atoms with Crippen LogP contribution >= 0.6 is 0 Å². The summed E-state index contributed by atoms with van der Waals surface area (Å²) in [5, 5.41) is 19.4. The van der Waals surface area contributed by atoms with Crippen molar-refractivity contribution in [1.82, 2.24) is 5.32 Å². The smallest absolute Gasteiger partial charge is 0.303 e. The molecule has 0 rings (SSSR count). The lowest BCUT2D eigenvalue weighted by Gasteiger charge is -2.07. The van der Waals surface area contributed by atoms with E-state index in [9.17, 15) is 19.2 Å². The minimum atomic E-state index is -1.01. The molecule has 0 aliphatic rings. The van der Waals surface area contributed by atoms with E-state index in [-0.39, 0.29) is 37.4 Å². The summed E-state index contributed by atoms with van der Waals surface area (Å²) in [6, 6.07) is 0. The van der Waals surface area contributed by atoms with Crippen molar-refractivity contribution >= 4 is 23.6 Å². The standard InChI is InChI=1S/C15H25NO8/c17-12(3-5-14(19)20)2-1-8-23-10-11-24-9-7-16-13(18)4-6-15(21)22/h1-11H2,(H,16,18)(H,19,20)(H,21,22). The van der Waals surface area contributed by atoms with E-state index in [4.69, 9.17) is 19.7 Å².